The van der Waals surface area contributed by atoms with Gasteiger partial charge in [0.1, 0.15) is 0 Å². The number of nitrogens with zero attached hydrogens (tertiary/aromatic N) is 1. The first kappa shape index (κ1) is 19.9. The zero-order chi connectivity index (χ0) is 19.4. The minimum atomic E-state index is -3.50. The number of piperidine rings is 1. The second-order valence-corrected chi connectivity index (χ2v) is 8.97. The highest BCUT2D eigenvalue weighted by molar-refractivity contribution is 7.89. The molecule has 1 fully saturated rings. The average Bonchev–Trinajstić information content (AvgIpc) is 2.68. The van der Waals surface area contributed by atoms with Crippen molar-refractivity contribution in [1.29, 1.82) is 0 Å². The SMILES string of the molecule is CCc1ccc(S(=O)(=O)N2CCC(NC(=O)c3ccccc3Cl)CC2)cc1. The van der Waals surface area contributed by atoms with E-state index in [2.05, 4.69) is 5.32 Å². The van der Waals surface area contributed by atoms with Crippen LogP contribution in [0.2, 0.25) is 5.02 Å². The van der Waals surface area contributed by atoms with Gasteiger partial charge in [0.15, 0.2) is 0 Å². The lowest BCUT2D eigenvalue weighted by Gasteiger charge is -2.31. The molecule has 1 aliphatic rings. The van der Waals surface area contributed by atoms with Crippen LogP contribution in [0.25, 0.3) is 0 Å². The molecule has 27 heavy (non-hydrogen) atoms. The maximum atomic E-state index is 12.8. The zero-order valence-electron chi connectivity index (χ0n) is 15.2. The Hall–Kier alpha value is -1.89. The molecule has 0 saturated carbocycles. The minimum Gasteiger partial charge on any atom is -0.349 e. The molecule has 7 heteroatoms. The Balaban J connectivity index is 1.61. The Morgan fingerprint density at radius 2 is 1.74 bits per heavy atom. The first-order valence-corrected chi connectivity index (χ1v) is 10.9. The van der Waals surface area contributed by atoms with Crippen LogP contribution in [0.3, 0.4) is 0 Å². The van der Waals surface area contributed by atoms with Gasteiger partial charge < -0.3 is 5.32 Å². The number of nitrogens with one attached hydrogen (secondary N) is 1. The van der Waals surface area contributed by atoms with Gasteiger partial charge in [-0.05, 0) is 49.1 Å². The molecule has 1 aliphatic heterocycles. The van der Waals surface area contributed by atoms with Gasteiger partial charge in [0.2, 0.25) is 10.0 Å². The van der Waals surface area contributed by atoms with Crippen molar-refractivity contribution in [3.63, 3.8) is 0 Å². The topological polar surface area (TPSA) is 66.5 Å². The molecule has 3 rings (SSSR count). The van der Waals surface area contributed by atoms with Crippen molar-refractivity contribution in [3.8, 4) is 0 Å². The van der Waals surface area contributed by atoms with Crippen LogP contribution in [-0.4, -0.2) is 37.8 Å². The standard InChI is InChI=1S/C20H23ClN2O3S/c1-2-15-7-9-17(10-8-15)27(25,26)23-13-11-16(12-14-23)22-20(24)18-5-3-4-6-19(18)21/h3-10,16H,2,11-14H2,1H3,(H,22,24). The molecule has 0 unspecified atom stereocenters. The molecular weight excluding hydrogens is 384 g/mol. The third-order valence-corrected chi connectivity index (χ3v) is 7.12. The second kappa shape index (κ2) is 8.42. The van der Waals surface area contributed by atoms with Crippen molar-refractivity contribution in [3.05, 3.63) is 64.7 Å². The van der Waals surface area contributed by atoms with Crippen molar-refractivity contribution >= 4 is 27.5 Å². The molecule has 144 valence electrons. The fourth-order valence-electron chi connectivity index (χ4n) is 3.20. The summed E-state index contributed by atoms with van der Waals surface area (Å²) in [5.41, 5.74) is 1.54. The maximum Gasteiger partial charge on any atom is 0.253 e. The molecule has 0 aromatic heterocycles. The lowest BCUT2D eigenvalue weighted by atomic mass is 10.1. The van der Waals surface area contributed by atoms with Gasteiger partial charge in [0, 0.05) is 19.1 Å². The van der Waals surface area contributed by atoms with E-state index in [-0.39, 0.29) is 11.9 Å². The monoisotopic (exact) mass is 406 g/mol. The first-order valence-electron chi connectivity index (χ1n) is 9.06. The number of amides is 1. The van der Waals surface area contributed by atoms with Crippen LogP contribution in [-0.2, 0) is 16.4 Å². The van der Waals surface area contributed by atoms with E-state index in [1.165, 1.54) is 4.31 Å². The van der Waals surface area contributed by atoms with Crippen LogP contribution in [0.4, 0.5) is 0 Å². The molecule has 0 bridgehead atoms. The van der Waals surface area contributed by atoms with Gasteiger partial charge in [-0.2, -0.15) is 4.31 Å². The number of aryl methyl sites for hydroxylation is 1. The number of rotatable bonds is 5. The van der Waals surface area contributed by atoms with Crippen molar-refractivity contribution in [2.75, 3.05) is 13.1 Å². The molecule has 2 aromatic rings. The molecular formula is C20H23ClN2O3S. The summed E-state index contributed by atoms with van der Waals surface area (Å²) in [6, 6.07) is 13.9. The molecule has 1 heterocycles. The smallest absolute Gasteiger partial charge is 0.253 e. The van der Waals surface area contributed by atoms with E-state index >= 15 is 0 Å². The fraction of sp³-hybridized carbons (Fsp3) is 0.350. The number of halogens is 1. The van der Waals surface area contributed by atoms with Gasteiger partial charge in [0.25, 0.3) is 5.91 Å². The normalized spacial score (nSPS) is 16.2. The summed E-state index contributed by atoms with van der Waals surface area (Å²) in [6.07, 6.45) is 2.02. The van der Waals surface area contributed by atoms with Gasteiger partial charge in [-0.15, -0.1) is 0 Å². The Labute approximate surface area is 165 Å². The van der Waals surface area contributed by atoms with Crippen molar-refractivity contribution in [2.45, 2.75) is 37.1 Å². The highest BCUT2D eigenvalue weighted by Crippen LogP contribution is 2.22. The van der Waals surface area contributed by atoms with Crippen LogP contribution in [0.5, 0.6) is 0 Å². The first-order chi connectivity index (χ1) is 12.9. The predicted molar refractivity (Wildman–Crippen MR) is 107 cm³/mol. The maximum absolute atomic E-state index is 12.8. The molecule has 2 aromatic carbocycles. The van der Waals surface area contributed by atoms with Crippen molar-refractivity contribution in [2.24, 2.45) is 0 Å². The van der Waals surface area contributed by atoms with Gasteiger partial charge in [0.05, 0.1) is 15.5 Å². The van der Waals surface area contributed by atoms with Crippen LogP contribution in [0, 0.1) is 0 Å². The third-order valence-electron chi connectivity index (χ3n) is 4.88. The number of carbonyl (C=O) groups excluding carboxylic acids is 1. The number of benzene rings is 2. The van der Waals surface area contributed by atoms with Crippen molar-refractivity contribution < 1.29 is 13.2 Å². The summed E-state index contributed by atoms with van der Waals surface area (Å²) in [5, 5.41) is 3.37. The summed E-state index contributed by atoms with van der Waals surface area (Å²) < 4.78 is 27.1. The van der Waals surface area contributed by atoms with Crippen LogP contribution in [0.1, 0.15) is 35.7 Å². The molecule has 1 N–H and O–H groups in total. The molecule has 0 atom stereocenters. The summed E-state index contributed by atoms with van der Waals surface area (Å²) in [6.45, 7) is 2.79. The number of carbonyl (C=O) groups is 1. The van der Waals surface area contributed by atoms with Crippen LogP contribution < -0.4 is 5.32 Å². The van der Waals surface area contributed by atoms with E-state index in [4.69, 9.17) is 11.6 Å². The summed E-state index contributed by atoms with van der Waals surface area (Å²) in [5.74, 6) is -0.225. The lowest BCUT2D eigenvalue weighted by Crippen LogP contribution is -2.46. The quantitative estimate of drug-likeness (QED) is 0.826. The average molecular weight is 407 g/mol. The Morgan fingerprint density at radius 1 is 1.11 bits per heavy atom. The van der Waals surface area contributed by atoms with E-state index in [0.717, 1.165) is 12.0 Å². The van der Waals surface area contributed by atoms with Gasteiger partial charge >= 0.3 is 0 Å². The molecule has 0 spiro atoms. The summed E-state index contributed by atoms with van der Waals surface area (Å²) in [4.78, 5) is 12.7. The molecule has 1 amide bonds. The van der Waals surface area contributed by atoms with Crippen LogP contribution >= 0.6 is 11.6 Å². The molecule has 1 saturated heterocycles. The van der Waals surface area contributed by atoms with Gasteiger partial charge in [-0.3, -0.25) is 4.79 Å². The number of sulfonamides is 1. The summed E-state index contributed by atoms with van der Waals surface area (Å²) >= 11 is 6.06. The third kappa shape index (κ3) is 4.51. The zero-order valence-corrected chi connectivity index (χ0v) is 16.8. The predicted octanol–water partition coefficient (Wildman–Crippen LogP) is 3.49. The number of hydrogen-bond acceptors (Lipinski definition) is 3. The number of hydrogen-bond donors (Lipinski definition) is 1. The lowest BCUT2D eigenvalue weighted by molar-refractivity contribution is 0.0924. The highest BCUT2D eigenvalue weighted by Gasteiger charge is 2.30. The van der Waals surface area contributed by atoms with Gasteiger partial charge in [-0.1, -0.05) is 42.8 Å². The fourth-order valence-corrected chi connectivity index (χ4v) is 4.89. The molecule has 0 aliphatic carbocycles. The Bertz CT molecular complexity index is 905. The largest absolute Gasteiger partial charge is 0.349 e. The Morgan fingerprint density at radius 3 is 2.33 bits per heavy atom. The highest BCUT2D eigenvalue weighted by atomic mass is 35.5. The summed E-state index contributed by atoms with van der Waals surface area (Å²) in [7, 11) is -3.50. The van der Waals surface area contributed by atoms with Gasteiger partial charge in [-0.25, -0.2) is 8.42 Å². The van der Waals surface area contributed by atoms with E-state index in [1.807, 2.05) is 19.1 Å². The van der Waals surface area contributed by atoms with Crippen molar-refractivity contribution in [1.82, 2.24) is 9.62 Å². The van der Waals surface area contributed by atoms with E-state index in [9.17, 15) is 13.2 Å². The minimum absolute atomic E-state index is 0.0670. The van der Waals surface area contributed by atoms with E-state index in [1.54, 1.807) is 36.4 Å². The van der Waals surface area contributed by atoms with Crippen LogP contribution in [0.15, 0.2) is 53.4 Å². The Kier molecular flexibility index (Phi) is 6.19. The molecule has 0 radical (unpaired) electrons. The second-order valence-electron chi connectivity index (χ2n) is 6.63. The van der Waals surface area contributed by atoms with E-state index in [0.29, 0.717) is 41.4 Å². The van der Waals surface area contributed by atoms with E-state index < -0.39 is 10.0 Å². The molecule has 5 nitrogen and oxygen atoms in total.